The molecule has 0 bridgehead atoms. The van der Waals surface area contributed by atoms with Crippen LogP contribution in [0.5, 0.6) is 0 Å². The summed E-state index contributed by atoms with van der Waals surface area (Å²) in [6.45, 7) is 0.612. The minimum atomic E-state index is 0.612. The number of aryl methyl sites for hydroxylation is 1. The fraction of sp³-hybridized carbons (Fsp3) is 0.250. The van der Waals surface area contributed by atoms with Crippen molar-refractivity contribution in [3.8, 4) is 11.8 Å². The molecule has 1 heterocycles. The molecule has 0 aliphatic carbocycles. The lowest BCUT2D eigenvalue weighted by Crippen LogP contribution is -1.95. The van der Waals surface area contributed by atoms with Crippen LogP contribution in [0, 0.1) is 11.8 Å². The van der Waals surface area contributed by atoms with E-state index in [-0.39, 0.29) is 0 Å². The van der Waals surface area contributed by atoms with Crippen molar-refractivity contribution in [3.05, 3.63) is 30.0 Å². The maximum Gasteiger partial charge on any atom is 0.0691 e. The van der Waals surface area contributed by atoms with E-state index in [9.17, 15) is 0 Å². The van der Waals surface area contributed by atoms with E-state index in [1.54, 1.807) is 0 Å². The average Bonchev–Trinajstić information content (AvgIpc) is 2.61. The second-order valence-corrected chi connectivity index (χ2v) is 3.38. The Hall–Kier alpha value is -1.79. The van der Waals surface area contributed by atoms with Crippen molar-refractivity contribution >= 4 is 10.9 Å². The van der Waals surface area contributed by atoms with Crippen molar-refractivity contribution in [2.24, 2.45) is 12.8 Å². The van der Waals surface area contributed by atoms with Crippen molar-refractivity contribution in [1.82, 2.24) is 9.78 Å². The van der Waals surface area contributed by atoms with Gasteiger partial charge in [-0.05, 0) is 18.2 Å². The molecule has 1 aromatic carbocycles. The van der Waals surface area contributed by atoms with Crippen molar-refractivity contribution in [1.29, 1.82) is 0 Å². The van der Waals surface area contributed by atoms with Crippen molar-refractivity contribution < 1.29 is 0 Å². The summed E-state index contributed by atoms with van der Waals surface area (Å²) in [4.78, 5) is 0. The summed E-state index contributed by atoms with van der Waals surface area (Å²) in [5.41, 5.74) is 7.49. The van der Waals surface area contributed by atoms with Crippen LogP contribution in [0.3, 0.4) is 0 Å². The lowest BCUT2D eigenvalue weighted by molar-refractivity contribution is 0.797. The number of hydrogen-bond donors (Lipinski definition) is 1. The molecule has 76 valence electrons. The van der Waals surface area contributed by atoms with Crippen LogP contribution in [0.4, 0.5) is 0 Å². The van der Waals surface area contributed by atoms with E-state index >= 15 is 0 Å². The Kier molecular flexibility index (Phi) is 2.70. The highest BCUT2D eigenvalue weighted by Crippen LogP contribution is 2.13. The first kappa shape index (κ1) is 9.75. The number of nitrogens with two attached hydrogens (primary N) is 1. The molecule has 0 saturated carbocycles. The van der Waals surface area contributed by atoms with E-state index in [0.717, 1.165) is 22.9 Å². The molecule has 3 nitrogen and oxygen atoms in total. The van der Waals surface area contributed by atoms with Crippen LogP contribution in [0.25, 0.3) is 10.9 Å². The molecular formula is C12H13N3. The number of fused-ring (bicyclic) bond motifs is 1. The molecule has 0 fully saturated rings. The largest absolute Gasteiger partial charge is 0.330 e. The van der Waals surface area contributed by atoms with Gasteiger partial charge in [0, 0.05) is 31.0 Å². The topological polar surface area (TPSA) is 43.8 Å². The molecule has 0 saturated heterocycles. The standard InChI is InChI=1S/C12H13N3/c1-15-12-8-10(4-2-3-7-13)5-6-11(12)9-14-15/h5-6,8-9H,3,7,13H2,1H3. The highest BCUT2D eigenvalue weighted by atomic mass is 15.2. The van der Waals surface area contributed by atoms with E-state index in [4.69, 9.17) is 5.73 Å². The van der Waals surface area contributed by atoms with Crippen LogP contribution in [0.1, 0.15) is 12.0 Å². The summed E-state index contributed by atoms with van der Waals surface area (Å²) >= 11 is 0. The minimum Gasteiger partial charge on any atom is -0.330 e. The van der Waals surface area contributed by atoms with Crippen LogP contribution in [0.2, 0.25) is 0 Å². The predicted molar refractivity (Wildman–Crippen MR) is 61.3 cm³/mol. The lowest BCUT2D eigenvalue weighted by atomic mass is 10.1. The average molecular weight is 199 g/mol. The highest BCUT2D eigenvalue weighted by Gasteiger charge is 1.98. The summed E-state index contributed by atoms with van der Waals surface area (Å²) in [7, 11) is 1.93. The van der Waals surface area contributed by atoms with Gasteiger partial charge < -0.3 is 5.73 Å². The Bertz CT molecular complexity index is 529. The third-order valence-corrected chi connectivity index (χ3v) is 2.25. The first-order valence-electron chi connectivity index (χ1n) is 4.92. The van der Waals surface area contributed by atoms with Gasteiger partial charge in [0.05, 0.1) is 11.7 Å². The first-order valence-corrected chi connectivity index (χ1v) is 4.92. The van der Waals surface area contributed by atoms with Crippen LogP contribution in [-0.2, 0) is 7.05 Å². The molecule has 3 heteroatoms. The molecule has 15 heavy (non-hydrogen) atoms. The third-order valence-electron chi connectivity index (χ3n) is 2.25. The molecule has 0 unspecified atom stereocenters. The van der Waals surface area contributed by atoms with Gasteiger partial charge in [0.2, 0.25) is 0 Å². The molecule has 0 spiro atoms. The van der Waals surface area contributed by atoms with Crippen LogP contribution in [0.15, 0.2) is 24.4 Å². The first-order chi connectivity index (χ1) is 7.31. The smallest absolute Gasteiger partial charge is 0.0691 e. The van der Waals surface area contributed by atoms with Gasteiger partial charge >= 0.3 is 0 Å². The second-order valence-electron chi connectivity index (χ2n) is 3.38. The van der Waals surface area contributed by atoms with E-state index in [1.807, 2.05) is 36.1 Å². The molecule has 2 rings (SSSR count). The van der Waals surface area contributed by atoms with E-state index in [0.29, 0.717) is 6.54 Å². The van der Waals surface area contributed by atoms with Crippen molar-refractivity contribution in [2.45, 2.75) is 6.42 Å². The molecule has 0 atom stereocenters. The molecular weight excluding hydrogens is 186 g/mol. The van der Waals surface area contributed by atoms with Gasteiger partial charge in [-0.1, -0.05) is 11.8 Å². The zero-order valence-corrected chi connectivity index (χ0v) is 8.70. The second kappa shape index (κ2) is 4.16. The van der Waals surface area contributed by atoms with Crippen molar-refractivity contribution in [3.63, 3.8) is 0 Å². The molecule has 0 aliphatic rings. The van der Waals surface area contributed by atoms with Gasteiger partial charge in [-0.3, -0.25) is 4.68 Å². The molecule has 2 aromatic rings. The summed E-state index contributed by atoms with van der Waals surface area (Å²) in [6, 6.07) is 6.09. The Labute approximate surface area is 88.9 Å². The Morgan fingerprint density at radius 2 is 2.33 bits per heavy atom. The number of aromatic nitrogens is 2. The summed E-state index contributed by atoms with van der Waals surface area (Å²) in [6.07, 6.45) is 2.59. The predicted octanol–water partition coefficient (Wildman–Crippen LogP) is 1.27. The van der Waals surface area contributed by atoms with E-state index < -0.39 is 0 Å². The van der Waals surface area contributed by atoms with Gasteiger partial charge in [-0.15, -0.1) is 0 Å². The zero-order chi connectivity index (χ0) is 10.7. The fourth-order valence-electron chi connectivity index (χ4n) is 1.46. The number of nitrogens with zero attached hydrogens (tertiary/aromatic N) is 2. The SMILES string of the molecule is Cn1ncc2ccc(C#CCCN)cc21. The quantitative estimate of drug-likeness (QED) is 0.703. The van der Waals surface area contributed by atoms with Gasteiger partial charge in [0.1, 0.15) is 0 Å². The van der Waals surface area contributed by atoms with Crippen molar-refractivity contribution in [2.75, 3.05) is 6.54 Å². The maximum absolute atomic E-state index is 5.37. The van der Waals surface area contributed by atoms with E-state index in [2.05, 4.69) is 16.9 Å². The zero-order valence-electron chi connectivity index (χ0n) is 8.70. The van der Waals surface area contributed by atoms with Gasteiger partial charge in [-0.25, -0.2) is 0 Å². The molecule has 1 aromatic heterocycles. The Morgan fingerprint density at radius 1 is 1.47 bits per heavy atom. The fourth-order valence-corrected chi connectivity index (χ4v) is 1.46. The highest BCUT2D eigenvalue weighted by molar-refractivity contribution is 5.80. The van der Waals surface area contributed by atoms with Gasteiger partial charge in [0.25, 0.3) is 0 Å². The van der Waals surface area contributed by atoms with Crippen LogP contribution < -0.4 is 5.73 Å². The van der Waals surface area contributed by atoms with Crippen LogP contribution >= 0.6 is 0 Å². The lowest BCUT2D eigenvalue weighted by Gasteiger charge is -1.94. The third kappa shape index (κ3) is 2.00. The maximum atomic E-state index is 5.37. The molecule has 0 aliphatic heterocycles. The van der Waals surface area contributed by atoms with Crippen LogP contribution in [-0.4, -0.2) is 16.3 Å². The van der Waals surface area contributed by atoms with Gasteiger partial charge in [-0.2, -0.15) is 5.10 Å². The van der Waals surface area contributed by atoms with Gasteiger partial charge in [0.15, 0.2) is 0 Å². The monoisotopic (exact) mass is 199 g/mol. The number of benzene rings is 1. The molecule has 2 N–H and O–H groups in total. The minimum absolute atomic E-state index is 0.612. The summed E-state index contributed by atoms with van der Waals surface area (Å²) < 4.78 is 1.85. The number of rotatable bonds is 1. The normalized spacial score (nSPS) is 10.0. The number of hydrogen-bond acceptors (Lipinski definition) is 2. The van der Waals surface area contributed by atoms with E-state index in [1.165, 1.54) is 0 Å². The summed E-state index contributed by atoms with van der Waals surface area (Å²) in [5.74, 6) is 6.11. The molecule has 0 radical (unpaired) electrons. The summed E-state index contributed by atoms with van der Waals surface area (Å²) in [5, 5.41) is 5.32. The Balaban J connectivity index is 2.38. The Morgan fingerprint density at radius 3 is 3.13 bits per heavy atom. The molecule has 0 amide bonds.